The summed E-state index contributed by atoms with van der Waals surface area (Å²) in [6.07, 6.45) is 6.20. The van der Waals surface area contributed by atoms with Crippen molar-refractivity contribution >= 4 is 0 Å². The van der Waals surface area contributed by atoms with Gasteiger partial charge in [-0.25, -0.2) is 0 Å². The molecule has 1 aromatic rings. The van der Waals surface area contributed by atoms with Gasteiger partial charge >= 0.3 is 0 Å². The first-order valence-electron chi connectivity index (χ1n) is 11.0. The number of benzene rings is 1. The highest BCUT2D eigenvalue weighted by atomic mass is 15.1. The Morgan fingerprint density at radius 2 is 1.27 bits per heavy atom. The van der Waals surface area contributed by atoms with Gasteiger partial charge < -0.3 is 4.90 Å². The molecule has 0 N–H and O–H groups in total. The van der Waals surface area contributed by atoms with E-state index in [4.69, 9.17) is 0 Å². The Morgan fingerprint density at radius 3 is 1.69 bits per heavy atom. The van der Waals surface area contributed by atoms with Gasteiger partial charge in [0.25, 0.3) is 0 Å². The number of rotatable bonds is 10. The highest BCUT2D eigenvalue weighted by Gasteiger charge is 2.26. The van der Waals surface area contributed by atoms with Crippen LogP contribution in [0.5, 0.6) is 0 Å². The summed E-state index contributed by atoms with van der Waals surface area (Å²) >= 11 is 0. The van der Waals surface area contributed by atoms with Gasteiger partial charge in [-0.05, 0) is 73.7 Å². The molecule has 0 radical (unpaired) electrons. The van der Waals surface area contributed by atoms with E-state index < -0.39 is 0 Å². The number of nitrogens with zero attached hydrogens (tertiary/aromatic N) is 1. The molecule has 0 fully saturated rings. The summed E-state index contributed by atoms with van der Waals surface area (Å²) in [6, 6.07) is 9.42. The molecule has 0 amide bonds. The molecule has 0 spiro atoms. The van der Waals surface area contributed by atoms with Crippen LogP contribution in [0.3, 0.4) is 0 Å². The Labute approximate surface area is 165 Å². The Hall–Kier alpha value is -0.820. The summed E-state index contributed by atoms with van der Waals surface area (Å²) in [7, 11) is 0. The second kappa shape index (κ2) is 12.5. The van der Waals surface area contributed by atoms with Crippen LogP contribution in [0.15, 0.2) is 24.3 Å². The van der Waals surface area contributed by atoms with Crippen molar-refractivity contribution in [2.75, 3.05) is 19.6 Å². The third-order valence-electron chi connectivity index (χ3n) is 4.73. The second-order valence-electron chi connectivity index (χ2n) is 9.26. The maximum atomic E-state index is 2.61. The maximum Gasteiger partial charge on any atom is -0.00156 e. The van der Waals surface area contributed by atoms with Gasteiger partial charge in [0.2, 0.25) is 0 Å². The Bertz CT molecular complexity index is 444. The minimum absolute atomic E-state index is 0.246. The molecule has 0 aliphatic rings. The summed E-state index contributed by atoms with van der Waals surface area (Å²) in [6.45, 7) is 24.0. The van der Waals surface area contributed by atoms with Crippen molar-refractivity contribution in [3.05, 3.63) is 35.4 Å². The quantitative estimate of drug-likeness (QED) is 0.417. The maximum absolute atomic E-state index is 2.61. The minimum atomic E-state index is 0.246. The van der Waals surface area contributed by atoms with Crippen molar-refractivity contribution in [2.24, 2.45) is 5.41 Å². The SMILES string of the molecule is CC.CCCN(CCC)CCCc1ccc(C(C)(C)CC(C)(C)C)cc1. The normalized spacial score (nSPS) is 12.1. The van der Waals surface area contributed by atoms with Gasteiger partial charge in [-0.3, -0.25) is 0 Å². The predicted octanol–water partition coefficient (Wildman–Crippen LogP) is 7.48. The molecule has 0 atom stereocenters. The Morgan fingerprint density at radius 1 is 0.769 bits per heavy atom. The summed E-state index contributed by atoms with van der Waals surface area (Å²) in [4.78, 5) is 2.61. The third kappa shape index (κ3) is 10.4. The van der Waals surface area contributed by atoms with Gasteiger partial charge in [0.1, 0.15) is 0 Å². The highest BCUT2D eigenvalue weighted by molar-refractivity contribution is 5.28. The van der Waals surface area contributed by atoms with Crippen LogP contribution in [-0.4, -0.2) is 24.5 Å². The molecule has 0 aliphatic heterocycles. The molecule has 0 aliphatic carbocycles. The standard InChI is InChI=1S/C23H41N.C2H6/c1-8-16-24(17-9-2)18-10-11-20-12-14-21(15-13-20)23(6,7)19-22(3,4)5;1-2/h12-15H,8-11,16-19H2,1-7H3;1-2H3. The molecule has 0 bridgehead atoms. The van der Waals surface area contributed by atoms with Crippen LogP contribution in [-0.2, 0) is 11.8 Å². The molecule has 0 aromatic heterocycles. The fourth-order valence-corrected chi connectivity index (χ4v) is 4.03. The van der Waals surface area contributed by atoms with E-state index in [2.05, 4.69) is 77.6 Å². The molecule has 0 unspecified atom stereocenters. The van der Waals surface area contributed by atoms with Crippen molar-refractivity contribution < 1.29 is 0 Å². The van der Waals surface area contributed by atoms with Crippen molar-refractivity contribution in [3.63, 3.8) is 0 Å². The van der Waals surface area contributed by atoms with Crippen LogP contribution in [0.25, 0.3) is 0 Å². The van der Waals surface area contributed by atoms with Crippen LogP contribution in [0, 0.1) is 5.41 Å². The minimum Gasteiger partial charge on any atom is -0.303 e. The van der Waals surface area contributed by atoms with Gasteiger partial charge in [0, 0.05) is 0 Å². The van der Waals surface area contributed by atoms with E-state index in [1.807, 2.05) is 13.8 Å². The van der Waals surface area contributed by atoms with Crippen LogP contribution >= 0.6 is 0 Å². The molecule has 0 saturated carbocycles. The number of aryl methyl sites for hydroxylation is 1. The van der Waals surface area contributed by atoms with Crippen molar-refractivity contribution in [1.29, 1.82) is 0 Å². The molecule has 1 nitrogen and oxygen atoms in total. The second-order valence-corrected chi connectivity index (χ2v) is 9.26. The van der Waals surface area contributed by atoms with Crippen molar-refractivity contribution in [3.8, 4) is 0 Å². The first-order valence-corrected chi connectivity index (χ1v) is 11.0. The zero-order valence-electron chi connectivity index (χ0n) is 19.4. The average Bonchev–Trinajstić information content (AvgIpc) is 2.55. The lowest BCUT2D eigenvalue weighted by molar-refractivity contribution is 0.271. The molecule has 1 aromatic carbocycles. The average molecular weight is 362 g/mol. The van der Waals surface area contributed by atoms with Gasteiger partial charge in [-0.2, -0.15) is 0 Å². The fraction of sp³-hybridized carbons (Fsp3) is 0.760. The first kappa shape index (κ1) is 25.2. The molecular weight excluding hydrogens is 314 g/mol. The number of hydrogen-bond acceptors (Lipinski definition) is 1. The molecule has 1 rings (SSSR count). The summed E-state index contributed by atoms with van der Waals surface area (Å²) in [5.41, 5.74) is 3.57. The smallest absolute Gasteiger partial charge is 0.00156 e. The van der Waals surface area contributed by atoms with E-state index in [1.54, 1.807) is 0 Å². The zero-order valence-corrected chi connectivity index (χ0v) is 19.4. The van der Waals surface area contributed by atoms with Crippen molar-refractivity contribution in [2.45, 2.75) is 99.8 Å². The van der Waals surface area contributed by atoms with Crippen molar-refractivity contribution in [1.82, 2.24) is 4.90 Å². The van der Waals surface area contributed by atoms with Crippen LogP contribution < -0.4 is 0 Å². The predicted molar refractivity (Wildman–Crippen MR) is 120 cm³/mol. The van der Waals surface area contributed by atoms with E-state index in [-0.39, 0.29) is 5.41 Å². The summed E-state index contributed by atoms with van der Waals surface area (Å²) in [5.74, 6) is 0. The largest absolute Gasteiger partial charge is 0.303 e. The highest BCUT2D eigenvalue weighted by Crippen LogP contribution is 2.36. The number of hydrogen-bond donors (Lipinski definition) is 0. The molecular formula is C25H47N. The van der Waals surface area contributed by atoms with Gasteiger partial charge in [-0.15, -0.1) is 0 Å². The lowest BCUT2D eigenvalue weighted by atomic mass is 9.72. The topological polar surface area (TPSA) is 3.24 Å². The molecule has 0 saturated heterocycles. The first-order chi connectivity index (χ1) is 12.2. The van der Waals surface area contributed by atoms with Gasteiger partial charge in [0.05, 0.1) is 0 Å². The lowest BCUT2D eigenvalue weighted by Crippen LogP contribution is -2.26. The van der Waals surface area contributed by atoms with Crippen LogP contribution in [0.1, 0.15) is 99.1 Å². The summed E-state index contributed by atoms with van der Waals surface area (Å²) in [5, 5.41) is 0. The van der Waals surface area contributed by atoms with Crippen LogP contribution in [0.4, 0.5) is 0 Å². The van der Waals surface area contributed by atoms with E-state index in [9.17, 15) is 0 Å². The molecule has 26 heavy (non-hydrogen) atoms. The van der Waals surface area contributed by atoms with E-state index in [0.29, 0.717) is 5.41 Å². The van der Waals surface area contributed by atoms with E-state index >= 15 is 0 Å². The summed E-state index contributed by atoms with van der Waals surface area (Å²) < 4.78 is 0. The van der Waals surface area contributed by atoms with Gasteiger partial charge in [-0.1, -0.05) is 86.6 Å². The lowest BCUT2D eigenvalue weighted by Gasteiger charge is -2.33. The Balaban J connectivity index is 0.00000301. The fourth-order valence-electron chi connectivity index (χ4n) is 4.03. The van der Waals surface area contributed by atoms with Gasteiger partial charge in [0.15, 0.2) is 0 Å². The monoisotopic (exact) mass is 361 g/mol. The molecule has 1 heteroatoms. The molecule has 152 valence electrons. The molecule has 0 heterocycles. The van der Waals surface area contributed by atoms with E-state index in [0.717, 1.165) is 0 Å². The Kier molecular flexibility index (Phi) is 12.2. The third-order valence-corrected chi connectivity index (χ3v) is 4.73. The van der Waals surface area contributed by atoms with E-state index in [1.165, 1.54) is 62.9 Å². The van der Waals surface area contributed by atoms with Crippen LogP contribution in [0.2, 0.25) is 0 Å². The zero-order chi connectivity index (χ0) is 20.2.